The van der Waals surface area contributed by atoms with E-state index in [0.717, 1.165) is 6.26 Å². The van der Waals surface area contributed by atoms with Crippen molar-refractivity contribution in [3.05, 3.63) is 0 Å². The van der Waals surface area contributed by atoms with Crippen LogP contribution in [0, 0.1) is 0 Å². The number of likely N-dealkylation sites (tertiary alicyclic amines) is 1. The molecule has 1 saturated heterocycles. The number of halogens is 2. The number of hydrogen-bond acceptors (Lipinski definition) is 4. The summed E-state index contributed by atoms with van der Waals surface area (Å²) in [5.74, 6) is -2.59. The molecule has 1 heterocycles. The summed E-state index contributed by atoms with van der Waals surface area (Å²) < 4.78 is 51.1. The van der Waals surface area contributed by atoms with Crippen LogP contribution >= 0.6 is 0 Å². The molecule has 1 fully saturated rings. The molecule has 0 radical (unpaired) electrons. The third kappa shape index (κ3) is 5.39. The van der Waals surface area contributed by atoms with E-state index in [4.69, 9.17) is 0 Å². The highest BCUT2D eigenvalue weighted by atomic mass is 32.2. The van der Waals surface area contributed by atoms with Crippen molar-refractivity contribution in [3.8, 4) is 0 Å². The van der Waals surface area contributed by atoms with Crippen molar-refractivity contribution < 1.29 is 21.4 Å². The average Bonchev–Trinajstić information content (AvgIpc) is 2.38. The lowest BCUT2D eigenvalue weighted by atomic mass is 10.3. The molecule has 0 atom stereocenters. The molecular weight excluding hydrogens is 228 g/mol. The van der Waals surface area contributed by atoms with Crippen molar-refractivity contribution >= 4 is 10.1 Å². The van der Waals surface area contributed by atoms with Gasteiger partial charge in [0.15, 0.2) is 0 Å². The monoisotopic (exact) mass is 243 g/mol. The first-order valence-electron chi connectivity index (χ1n) is 4.73. The Hall–Kier alpha value is -0.270. The molecule has 0 bridgehead atoms. The Kier molecular flexibility index (Phi) is 4.02. The van der Waals surface area contributed by atoms with E-state index >= 15 is 0 Å². The van der Waals surface area contributed by atoms with E-state index in [1.54, 1.807) is 4.90 Å². The average molecular weight is 243 g/mol. The van der Waals surface area contributed by atoms with Gasteiger partial charge in [0.25, 0.3) is 16.0 Å². The maximum Gasteiger partial charge on any atom is 0.264 e. The SMILES string of the molecule is CS(=O)(=O)OCCCN1CCC(F)(F)C1. The molecule has 90 valence electrons. The van der Waals surface area contributed by atoms with Crippen molar-refractivity contribution in [2.45, 2.75) is 18.8 Å². The van der Waals surface area contributed by atoms with Gasteiger partial charge >= 0.3 is 0 Å². The van der Waals surface area contributed by atoms with E-state index in [1.807, 2.05) is 0 Å². The quantitative estimate of drug-likeness (QED) is 0.526. The van der Waals surface area contributed by atoms with Gasteiger partial charge in [0.1, 0.15) is 0 Å². The molecule has 1 aliphatic rings. The lowest BCUT2D eigenvalue weighted by Gasteiger charge is -2.14. The number of rotatable bonds is 5. The van der Waals surface area contributed by atoms with Crippen LogP contribution in [0.3, 0.4) is 0 Å². The molecule has 0 aromatic carbocycles. The van der Waals surface area contributed by atoms with Gasteiger partial charge in [-0.15, -0.1) is 0 Å². The van der Waals surface area contributed by atoms with E-state index in [2.05, 4.69) is 4.18 Å². The Bertz CT molecular complexity index is 305. The number of nitrogens with zero attached hydrogens (tertiary/aromatic N) is 1. The number of hydrogen-bond donors (Lipinski definition) is 0. The molecule has 1 rings (SSSR count). The molecule has 7 heteroatoms. The third-order valence-electron chi connectivity index (χ3n) is 2.16. The second kappa shape index (κ2) is 4.71. The van der Waals surface area contributed by atoms with Crippen LogP contribution in [0.5, 0.6) is 0 Å². The summed E-state index contributed by atoms with van der Waals surface area (Å²) in [5, 5.41) is 0. The van der Waals surface area contributed by atoms with E-state index in [-0.39, 0.29) is 19.6 Å². The Morgan fingerprint density at radius 3 is 2.60 bits per heavy atom. The first kappa shape index (κ1) is 12.8. The minimum absolute atomic E-state index is 0.0565. The van der Waals surface area contributed by atoms with Crippen LogP contribution in [0.15, 0.2) is 0 Å². The van der Waals surface area contributed by atoms with Crippen LogP contribution in [0.2, 0.25) is 0 Å². The predicted octanol–water partition coefficient (Wildman–Crippen LogP) is 0.694. The first-order chi connectivity index (χ1) is 6.79. The van der Waals surface area contributed by atoms with Gasteiger partial charge in [0, 0.05) is 19.5 Å². The fourth-order valence-electron chi connectivity index (χ4n) is 1.50. The fourth-order valence-corrected chi connectivity index (χ4v) is 1.92. The molecule has 0 spiro atoms. The number of alkyl halides is 2. The highest BCUT2D eigenvalue weighted by Gasteiger charge is 2.37. The normalized spacial score (nSPS) is 22.1. The summed E-state index contributed by atoms with van der Waals surface area (Å²) in [5.41, 5.74) is 0. The summed E-state index contributed by atoms with van der Waals surface area (Å²) in [7, 11) is -3.41. The second-order valence-electron chi connectivity index (χ2n) is 3.76. The lowest BCUT2D eigenvalue weighted by molar-refractivity contribution is 0.0119. The smallest absolute Gasteiger partial charge is 0.264 e. The van der Waals surface area contributed by atoms with Crippen LogP contribution < -0.4 is 0 Å². The Morgan fingerprint density at radius 2 is 2.13 bits per heavy atom. The predicted molar refractivity (Wildman–Crippen MR) is 51.4 cm³/mol. The van der Waals surface area contributed by atoms with E-state index < -0.39 is 16.0 Å². The molecule has 1 aliphatic heterocycles. The molecule has 15 heavy (non-hydrogen) atoms. The minimum Gasteiger partial charge on any atom is -0.297 e. The zero-order valence-electron chi connectivity index (χ0n) is 8.58. The molecule has 0 N–H and O–H groups in total. The Balaban J connectivity index is 2.12. The van der Waals surface area contributed by atoms with Crippen molar-refractivity contribution in [2.24, 2.45) is 0 Å². The maximum absolute atomic E-state index is 12.7. The van der Waals surface area contributed by atoms with Gasteiger partial charge in [-0.3, -0.25) is 9.08 Å². The largest absolute Gasteiger partial charge is 0.297 e. The van der Waals surface area contributed by atoms with Crippen LogP contribution in [0.1, 0.15) is 12.8 Å². The van der Waals surface area contributed by atoms with Gasteiger partial charge in [-0.2, -0.15) is 8.42 Å². The van der Waals surface area contributed by atoms with Gasteiger partial charge < -0.3 is 0 Å². The fraction of sp³-hybridized carbons (Fsp3) is 1.00. The van der Waals surface area contributed by atoms with Gasteiger partial charge in [0.05, 0.1) is 19.4 Å². The van der Waals surface area contributed by atoms with Crippen LogP contribution in [-0.2, 0) is 14.3 Å². The van der Waals surface area contributed by atoms with E-state index in [9.17, 15) is 17.2 Å². The second-order valence-corrected chi connectivity index (χ2v) is 5.41. The van der Waals surface area contributed by atoms with Crippen LogP contribution in [0.4, 0.5) is 8.78 Å². The zero-order chi connectivity index (χ0) is 11.5. The topological polar surface area (TPSA) is 46.6 Å². The summed E-state index contributed by atoms with van der Waals surface area (Å²) in [6.45, 7) is 0.643. The van der Waals surface area contributed by atoms with Gasteiger partial charge in [-0.05, 0) is 6.42 Å². The summed E-state index contributed by atoms with van der Waals surface area (Å²) >= 11 is 0. The molecule has 0 aromatic heterocycles. The molecule has 0 amide bonds. The standard InChI is InChI=1S/C8H15F2NO3S/c1-15(12,13)14-6-2-4-11-5-3-8(9,10)7-11/h2-7H2,1H3. The summed E-state index contributed by atoms with van der Waals surface area (Å²) in [6.07, 6.45) is 1.31. The van der Waals surface area contributed by atoms with E-state index in [0.29, 0.717) is 19.5 Å². The van der Waals surface area contributed by atoms with Crippen LogP contribution in [-0.4, -0.2) is 51.7 Å². The summed E-state index contributed by atoms with van der Waals surface area (Å²) in [6, 6.07) is 0. The lowest BCUT2D eigenvalue weighted by Crippen LogP contribution is -2.27. The van der Waals surface area contributed by atoms with Crippen molar-refractivity contribution in [1.29, 1.82) is 0 Å². The third-order valence-corrected chi connectivity index (χ3v) is 2.76. The van der Waals surface area contributed by atoms with E-state index in [1.165, 1.54) is 0 Å². The maximum atomic E-state index is 12.7. The molecule has 0 aromatic rings. The molecule has 0 unspecified atom stereocenters. The van der Waals surface area contributed by atoms with Crippen molar-refractivity contribution in [1.82, 2.24) is 4.90 Å². The Labute approximate surface area is 88.3 Å². The van der Waals surface area contributed by atoms with Gasteiger partial charge in [-0.1, -0.05) is 0 Å². The summed E-state index contributed by atoms with van der Waals surface area (Å²) in [4.78, 5) is 1.62. The van der Waals surface area contributed by atoms with Gasteiger partial charge in [0.2, 0.25) is 0 Å². The molecular formula is C8H15F2NO3S. The Morgan fingerprint density at radius 1 is 1.47 bits per heavy atom. The highest BCUT2D eigenvalue weighted by molar-refractivity contribution is 7.85. The molecule has 4 nitrogen and oxygen atoms in total. The minimum atomic E-state index is -3.41. The highest BCUT2D eigenvalue weighted by Crippen LogP contribution is 2.26. The van der Waals surface area contributed by atoms with Crippen molar-refractivity contribution in [3.63, 3.8) is 0 Å². The van der Waals surface area contributed by atoms with Crippen molar-refractivity contribution in [2.75, 3.05) is 32.5 Å². The first-order valence-corrected chi connectivity index (χ1v) is 6.55. The van der Waals surface area contributed by atoms with Gasteiger partial charge in [-0.25, -0.2) is 8.78 Å². The van der Waals surface area contributed by atoms with Crippen LogP contribution in [0.25, 0.3) is 0 Å². The zero-order valence-corrected chi connectivity index (χ0v) is 9.40. The molecule has 0 saturated carbocycles. The molecule has 0 aliphatic carbocycles.